The van der Waals surface area contributed by atoms with Gasteiger partial charge >= 0.3 is 11.9 Å². The number of carbonyl (C=O) groups excluding carboxylic acids is 3. The fourth-order valence-corrected chi connectivity index (χ4v) is 3.67. The van der Waals surface area contributed by atoms with E-state index in [0.717, 1.165) is 0 Å². The molecule has 0 aliphatic carbocycles. The summed E-state index contributed by atoms with van der Waals surface area (Å²) >= 11 is 1.43. The molecule has 0 aliphatic rings. The summed E-state index contributed by atoms with van der Waals surface area (Å²) in [6, 6.07) is -5.01. The second kappa shape index (κ2) is 16.8. The Hall–Kier alpha value is -3.86. The summed E-state index contributed by atoms with van der Waals surface area (Å²) in [6.07, 6.45) is 4.50. The lowest BCUT2D eigenvalue weighted by Gasteiger charge is -2.25. The zero-order chi connectivity index (χ0) is 28.7. The molecule has 0 radical (unpaired) electrons. The Labute approximate surface area is 223 Å². The largest absolute Gasteiger partial charge is 0.481 e. The Kier molecular flexibility index (Phi) is 14.2. The predicted molar refractivity (Wildman–Crippen MR) is 139 cm³/mol. The minimum Gasteiger partial charge on any atom is -0.481 e. The average Bonchev–Trinajstić information content (AvgIpc) is 3.35. The number of carboxylic acids is 2. The van der Waals surface area contributed by atoms with E-state index in [1.807, 2.05) is 6.26 Å². The SMILES string of the molecule is CSCCC(NC(=O)C(N)Cc1cnc[nH]1)C(=O)NC(CCCN=C(N)N)C(=O)NC(CC(=O)O)C(=O)O. The molecule has 17 heteroatoms. The first-order valence-electron chi connectivity index (χ1n) is 11.6. The molecule has 0 bridgehead atoms. The number of aliphatic carboxylic acids is 2. The van der Waals surface area contributed by atoms with Crippen LogP contribution in [0.5, 0.6) is 0 Å². The zero-order valence-corrected chi connectivity index (χ0v) is 21.7. The van der Waals surface area contributed by atoms with Crippen LogP contribution < -0.4 is 33.2 Å². The first-order valence-corrected chi connectivity index (χ1v) is 13.0. The number of H-pyrrole nitrogens is 1. The average molecular weight is 558 g/mol. The lowest BCUT2D eigenvalue weighted by molar-refractivity contribution is -0.147. The van der Waals surface area contributed by atoms with Crippen LogP contribution in [-0.4, -0.2) is 98.5 Å². The van der Waals surface area contributed by atoms with E-state index in [9.17, 15) is 29.1 Å². The van der Waals surface area contributed by atoms with E-state index >= 15 is 0 Å². The van der Waals surface area contributed by atoms with Crippen LogP contribution in [0, 0.1) is 0 Å². The third-order valence-corrected chi connectivity index (χ3v) is 5.79. The van der Waals surface area contributed by atoms with Crippen molar-refractivity contribution in [3.63, 3.8) is 0 Å². The molecular weight excluding hydrogens is 522 g/mol. The second-order valence-corrected chi connectivity index (χ2v) is 9.22. The molecule has 4 unspecified atom stereocenters. The number of imidazole rings is 1. The van der Waals surface area contributed by atoms with Gasteiger partial charge in [0.25, 0.3) is 0 Å². The molecule has 16 nitrogen and oxygen atoms in total. The molecule has 0 aliphatic heterocycles. The number of amides is 3. The standard InChI is InChI=1S/C21H35N9O7S/c1-38-6-4-14(28-17(33)12(22)7-11-9-25-10-27-11)19(35)29-13(3-2-5-26-21(23)24)18(34)30-15(20(36)37)8-16(31)32/h9-10,12-15H,2-8,22H2,1H3,(H,25,27)(H,28,33)(H,29,35)(H,30,34)(H,31,32)(H,36,37)(H4,23,24,26). The molecule has 0 spiro atoms. The molecule has 1 aromatic heterocycles. The van der Waals surface area contributed by atoms with E-state index in [4.69, 9.17) is 22.3 Å². The second-order valence-electron chi connectivity index (χ2n) is 8.24. The van der Waals surface area contributed by atoms with Crippen molar-refractivity contribution in [1.82, 2.24) is 25.9 Å². The molecule has 1 aromatic rings. The third-order valence-electron chi connectivity index (χ3n) is 5.15. The van der Waals surface area contributed by atoms with Gasteiger partial charge in [-0.25, -0.2) is 9.78 Å². The highest BCUT2D eigenvalue weighted by Gasteiger charge is 2.31. The first kappa shape index (κ1) is 32.2. The van der Waals surface area contributed by atoms with E-state index in [1.54, 1.807) is 0 Å². The smallest absolute Gasteiger partial charge is 0.326 e. The number of nitrogens with zero attached hydrogens (tertiary/aromatic N) is 2. The summed E-state index contributed by atoms with van der Waals surface area (Å²) in [7, 11) is 0. The minimum absolute atomic E-state index is 0.00367. The van der Waals surface area contributed by atoms with Crippen molar-refractivity contribution in [2.45, 2.75) is 56.3 Å². The number of guanidine groups is 1. The van der Waals surface area contributed by atoms with Crippen LogP contribution in [0.15, 0.2) is 17.5 Å². The van der Waals surface area contributed by atoms with Gasteiger partial charge in [-0.05, 0) is 31.3 Å². The summed E-state index contributed by atoms with van der Waals surface area (Å²) in [6.45, 7) is 0.120. The highest BCUT2D eigenvalue weighted by Crippen LogP contribution is 2.06. The summed E-state index contributed by atoms with van der Waals surface area (Å²) in [5.74, 6) is -4.87. The Morgan fingerprint density at radius 2 is 1.63 bits per heavy atom. The van der Waals surface area contributed by atoms with Gasteiger partial charge in [0, 0.05) is 24.9 Å². The monoisotopic (exact) mass is 557 g/mol. The van der Waals surface area contributed by atoms with E-state index < -0.39 is 60.2 Å². The number of aliphatic imine (C=N–C) groups is 1. The number of carboxylic acid groups (broad SMARTS) is 2. The molecule has 3 amide bonds. The Balaban J connectivity index is 2.99. The highest BCUT2D eigenvalue weighted by molar-refractivity contribution is 7.98. The van der Waals surface area contributed by atoms with Crippen molar-refractivity contribution >= 4 is 47.4 Å². The molecule has 0 aromatic carbocycles. The molecule has 12 N–H and O–H groups in total. The van der Waals surface area contributed by atoms with E-state index in [0.29, 0.717) is 11.4 Å². The van der Waals surface area contributed by atoms with Gasteiger partial charge in [0.1, 0.15) is 18.1 Å². The van der Waals surface area contributed by atoms with Crippen molar-refractivity contribution in [3.8, 4) is 0 Å². The summed E-state index contributed by atoms with van der Waals surface area (Å²) in [4.78, 5) is 71.5. The molecule has 1 heterocycles. The molecule has 212 valence electrons. The zero-order valence-electron chi connectivity index (χ0n) is 20.9. The maximum absolute atomic E-state index is 13.1. The lowest BCUT2D eigenvalue weighted by Crippen LogP contribution is -2.57. The summed E-state index contributed by atoms with van der Waals surface area (Å²) < 4.78 is 0. The number of thioether (sulfide) groups is 1. The van der Waals surface area contributed by atoms with Gasteiger partial charge in [0.2, 0.25) is 17.7 Å². The number of nitrogens with two attached hydrogens (primary N) is 3. The van der Waals surface area contributed by atoms with Crippen LogP contribution in [0.1, 0.15) is 31.4 Å². The molecule has 0 saturated carbocycles. The van der Waals surface area contributed by atoms with Crippen molar-refractivity contribution in [3.05, 3.63) is 18.2 Å². The van der Waals surface area contributed by atoms with E-state index in [1.165, 1.54) is 24.3 Å². The van der Waals surface area contributed by atoms with Crippen molar-refractivity contribution in [2.75, 3.05) is 18.6 Å². The molecule has 4 atom stereocenters. The number of aromatic amines is 1. The van der Waals surface area contributed by atoms with Gasteiger partial charge in [-0.2, -0.15) is 11.8 Å². The minimum atomic E-state index is -1.72. The number of carbonyl (C=O) groups is 5. The van der Waals surface area contributed by atoms with Crippen molar-refractivity contribution in [1.29, 1.82) is 0 Å². The van der Waals surface area contributed by atoms with Crippen LogP contribution in [0.3, 0.4) is 0 Å². The van der Waals surface area contributed by atoms with Gasteiger partial charge in [-0.1, -0.05) is 0 Å². The van der Waals surface area contributed by atoms with Gasteiger partial charge in [0.15, 0.2) is 5.96 Å². The Morgan fingerprint density at radius 3 is 2.16 bits per heavy atom. The number of rotatable bonds is 18. The van der Waals surface area contributed by atoms with E-state index in [2.05, 4.69) is 30.9 Å². The maximum Gasteiger partial charge on any atom is 0.326 e. The normalized spacial score (nSPS) is 13.8. The lowest BCUT2D eigenvalue weighted by atomic mass is 10.1. The van der Waals surface area contributed by atoms with Gasteiger partial charge in [-0.15, -0.1) is 0 Å². The molecule has 1 rings (SSSR count). The highest BCUT2D eigenvalue weighted by atomic mass is 32.2. The quantitative estimate of drug-likeness (QED) is 0.0499. The van der Waals surface area contributed by atoms with E-state index in [-0.39, 0.29) is 38.2 Å². The molecule has 0 saturated heterocycles. The van der Waals surface area contributed by atoms with Crippen LogP contribution in [0.2, 0.25) is 0 Å². The number of aromatic nitrogens is 2. The Morgan fingerprint density at radius 1 is 1.03 bits per heavy atom. The summed E-state index contributed by atoms with van der Waals surface area (Å²) in [5.41, 5.74) is 17.2. The van der Waals surface area contributed by atoms with Crippen LogP contribution in [-0.2, 0) is 30.4 Å². The van der Waals surface area contributed by atoms with Gasteiger partial charge in [0.05, 0.1) is 18.8 Å². The predicted octanol–water partition coefficient (Wildman–Crippen LogP) is -2.90. The summed E-state index contributed by atoms with van der Waals surface area (Å²) in [5, 5.41) is 25.4. The number of hydrogen-bond acceptors (Lipinski definition) is 9. The van der Waals surface area contributed by atoms with Crippen molar-refractivity contribution < 1.29 is 34.2 Å². The van der Waals surface area contributed by atoms with Crippen LogP contribution in [0.4, 0.5) is 0 Å². The molecule has 0 fully saturated rings. The first-order chi connectivity index (χ1) is 17.9. The van der Waals surface area contributed by atoms with Crippen LogP contribution in [0.25, 0.3) is 0 Å². The van der Waals surface area contributed by atoms with Gasteiger partial charge in [-0.3, -0.25) is 24.2 Å². The number of hydrogen-bond donors (Lipinski definition) is 9. The molecular formula is C21H35N9O7S. The maximum atomic E-state index is 13.1. The van der Waals surface area contributed by atoms with Crippen molar-refractivity contribution in [2.24, 2.45) is 22.2 Å². The molecule has 38 heavy (non-hydrogen) atoms. The number of nitrogens with one attached hydrogen (secondary N) is 4. The Bertz CT molecular complexity index is 970. The topological polar surface area (TPSA) is 281 Å². The van der Waals surface area contributed by atoms with Gasteiger partial charge < -0.3 is 48.3 Å². The van der Waals surface area contributed by atoms with Crippen LogP contribution >= 0.6 is 11.8 Å². The fourth-order valence-electron chi connectivity index (χ4n) is 3.20. The fraction of sp³-hybridized carbons (Fsp3) is 0.571. The third kappa shape index (κ3) is 12.4.